The Morgan fingerprint density at radius 2 is 1.89 bits per heavy atom. The zero-order valence-corrected chi connectivity index (χ0v) is 16.0. The number of halogens is 1. The summed E-state index contributed by atoms with van der Waals surface area (Å²) in [6.45, 7) is 1.83. The van der Waals surface area contributed by atoms with E-state index in [2.05, 4.69) is 5.10 Å². The number of hydrogen-bond donors (Lipinski definition) is 0. The number of carbonyl (C=O) groups excluding carboxylic acids is 2. The van der Waals surface area contributed by atoms with Crippen molar-refractivity contribution in [2.75, 3.05) is 7.11 Å². The van der Waals surface area contributed by atoms with Crippen molar-refractivity contribution in [3.8, 4) is 11.3 Å². The molecule has 1 spiro atoms. The van der Waals surface area contributed by atoms with Crippen LogP contribution in [0.5, 0.6) is 0 Å². The van der Waals surface area contributed by atoms with Crippen molar-refractivity contribution in [2.24, 2.45) is 0 Å². The molecule has 1 unspecified atom stereocenters. The molecule has 1 aromatic heterocycles. The SMILES string of the molecule is COC1CCC2(CC1)OC(=O)C(n1nc(-c3ccc(Cl)cc3)cc1C)C2=O. The molecule has 2 fully saturated rings. The van der Waals surface area contributed by atoms with Crippen molar-refractivity contribution in [1.29, 1.82) is 0 Å². The summed E-state index contributed by atoms with van der Waals surface area (Å²) in [5.41, 5.74) is 1.26. The first-order valence-corrected chi connectivity index (χ1v) is 9.43. The van der Waals surface area contributed by atoms with Crippen molar-refractivity contribution in [3.63, 3.8) is 0 Å². The van der Waals surface area contributed by atoms with E-state index < -0.39 is 17.6 Å². The van der Waals surface area contributed by atoms with Gasteiger partial charge in [-0.1, -0.05) is 23.7 Å². The highest BCUT2D eigenvalue weighted by atomic mass is 35.5. The number of carbonyl (C=O) groups is 2. The summed E-state index contributed by atoms with van der Waals surface area (Å²) < 4.78 is 12.5. The van der Waals surface area contributed by atoms with Crippen LogP contribution in [0.3, 0.4) is 0 Å². The maximum atomic E-state index is 13.2. The van der Waals surface area contributed by atoms with E-state index in [1.54, 1.807) is 19.2 Å². The van der Waals surface area contributed by atoms with Gasteiger partial charge < -0.3 is 9.47 Å². The van der Waals surface area contributed by atoms with Crippen LogP contribution in [-0.4, -0.2) is 40.3 Å². The number of Topliss-reactive ketones (excluding diaryl/α,β-unsaturated/α-hetero) is 1. The van der Waals surface area contributed by atoms with Gasteiger partial charge in [-0.2, -0.15) is 5.10 Å². The lowest BCUT2D eigenvalue weighted by Gasteiger charge is -2.33. The van der Waals surface area contributed by atoms with Crippen LogP contribution in [0.1, 0.15) is 37.4 Å². The third-order valence-corrected chi connectivity index (χ3v) is 5.85. The lowest BCUT2D eigenvalue weighted by atomic mass is 9.80. The van der Waals surface area contributed by atoms with Gasteiger partial charge in [-0.3, -0.25) is 4.79 Å². The molecule has 1 aromatic carbocycles. The van der Waals surface area contributed by atoms with Gasteiger partial charge in [0.15, 0.2) is 5.60 Å². The second kappa shape index (κ2) is 6.77. The molecule has 0 radical (unpaired) electrons. The second-order valence-corrected chi connectivity index (χ2v) is 7.68. The summed E-state index contributed by atoms with van der Waals surface area (Å²) >= 11 is 5.94. The van der Waals surface area contributed by atoms with Crippen LogP contribution in [0.15, 0.2) is 30.3 Å². The van der Waals surface area contributed by atoms with Gasteiger partial charge in [0.05, 0.1) is 11.8 Å². The molecule has 142 valence electrons. The quantitative estimate of drug-likeness (QED) is 0.594. The molecule has 4 rings (SSSR count). The average molecular weight is 389 g/mol. The highest BCUT2D eigenvalue weighted by molar-refractivity contribution is 6.30. The number of nitrogens with zero attached hydrogens (tertiary/aromatic N) is 2. The van der Waals surface area contributed by atoms with Gasteiger partial charge in [0, 0.05) is 23.4 Å². The van der Waals surface area contributed by atoms with Gasteiger partial charge in [-0.15, -0.1) is 0 Å². The molecular weight excluding hydrogens is 368 g/mol. The van der Waals surface area contributed by atoms with Crippen LogP contribution >= 0.6 is 11.6 Å². The summed E-state index contributed by atoms with van der Waals surface area (Å²) in [5, 5.41) is 5.17. The van der Waals surface area contributed by atoms with Gasteiger partial charge in [0.2, 0.25) is 11.8 Å². The molecule has 6 nitrogen and oxygen atoms in total. The first-order chi connectivity index (χ1) is 12.9. The fourth-order valence-electron chi connectivity index (χ4n) is 4.02. The molecule has 0 bridgehead atoms. The van der Waals surface area contributed by atoms with Crippen LogP contribution in [0, 0.1) is 6.92 Å². The summed E-state index contributed by atoms with van der Waals surface area (Å²) in [6.07, 6.45) is 2.52. The monoisotopic (exact) mass is 388 g/mol. The van der Waals surface area contributed by atoms with Crippen LogP contribution in [-0.2, 0) is 19.1 Å². The van der Waals surface area contributed by atoms with Crippen molar-refractivity contribution in [1.82, 2.24) is 9.78 Å². The summed E-state index contributed by atoms with van der Waals surface area (Å²) in [6, 6.07) is 8.11. The van der Waals surface area contributed by atoms with Gasteiger partial charge in [0.1, 0.15) is 0 Å². The molecule has 0 N–H and O–H groups in total. The third kappa shape index (κ3) is 3.07. The minimum absolute atomic E-state index is 0.115. The minimum Gasteiger partial charge on any atom is -0.449 e. The van der Waals surface area contributed by atoms with E-state index in [1.807, 2.05) is 25.1 Å². The van der Waals surface area contributed by atoms with E-state index in [0.29, 0.717) is 36.4 Å². The number of aryl methyl sites for hydroxylation is 1. The van der Waals surface area contributed by atoms with Crippen LogP contribution in [0.2, 0.25) is 5.02 Å². The smallest absolute Gasteiger partial charge is 0.339 e. The summed E-state index contributed by atoms with van der Waals surface area (Å²) in [7, 11) is 1.67. The van der Waals surface area contributed by atoms with Gasteiger partial charge >= 0.3 is 5.97 Å². The topological polar surface area (TPSA) is 70.4 Å². The third-order valence-electron chi connectivity index (χ3n) is 5.60. The van der Waals surface area contributed by atoms with E-state index in [4.69, 9.17) is 21.1 Å². The summed E-state index contributed by atoms with van der Waals surface area (Å²) in [4.78, 5) is 25.8. The Balaban J connectivity index is 1.63. The number of methoxy groups -OCH3 is 1. The Kier molecular flexibility index (Phi) is 4.56. The van der Waals surface area contributed by atoms with E-state index in [-0.39, 0.29) is 11.9 Å². The molecule has 7 heteroatoms. The minimum atomic E-state index is -1.03. The van der Waals surface area contributed by atoms with Crippen molar-refractivity contribution >= 4 is 23.4 Å². The molecule has 2 heterocycles. The molecule has 1 atom stereocenters. The maximum absolute atomic E-state index is 13.2. The van der Waals surface area contributed by atoms with Gasteiger partial charge in [-0.05, 0) is 50.8 Å². The van der Waals surface area contributed by atoms with Crippen molar-refractivity contribution < 1.29 is 19.1 Å². The standard InChI is InChI=1S/C20H21ClN2O4/c1-12-11-16(13-3-5-14(21)6-4-13)22-23(12)17-18(24)20(27-19(17)25)9-7-15(26-2)8-10-20/h3-6,11,15,17H,7-10H2,1-2H3. The number of hydrogen-bond acceptors (Lipinski definition) is 5. The number of aromatic nitrogens is 2. The number of ether oxygens (including phenoxy) is 2. The van der Waals surface area contributed by atoms with Crippen LogP contribution in [0.4, 0.5) is 0 Å². The molecule has 1 aliphatic carbocycles. The Morgan fingerprint density at radius 1 is 1.22 bits per heavy atom. The Labute approximate surface area is 162 Å². The zero-order chi connectivity index (χ0) is 19.2. The predicted molar refractivity (Wildman–Crippen MR) is 99.5 cm³/mol. The van der Waals surface area contributed by atoms with E-state index in [9.17, 15) is 9.59 Å². The zero-order valence-electron chi connectivity index (χ0n) is 15.3. The first kappa shape index (κ1) is 18.2. The predicted octanol–water partition coefficient (Wildman–Crippen LogP) is 3.51. The molecule has 1 aliphatic heterocycles. The molecular formula is C20H21ClN2O4. The normalized spacial score (nSPS) is 28.0. The number of benzene rings is 1. The van der Waals surface area contributed by atoms with E-state index in [1.165, 1.54) is 4.68 Å². The molecule has 27 heavy (non-hydrogen) atoms. The Hall–Kier alpha value is -2.18. The highest BCUT2D eigenvalue weighted by Crippen LogP contribution is 2.42. The largest absolute Gasteiger partial charge is 0.449 e. The highest BCUT2D eigenvalue weighted by Gasteiger charge is 2.57. The lowest BCUT2D eigenvalue weighted by Crippen LogP contribution is -2.43. The Morgan fingerprint density at radius 3 is 2.52 bits per heavy atom. The maximum Gasteiger partial charge on any atom is 0.339 e. The number of esters is 1. The summed E-state index contributed by atoms with van der Waals surface area (Å²) in [5.74, 6) is -0.722. The second-order valence-electron chi connectivity index (χ2n) is 7.24. The van der Waals surface area contributed by atoms with Crippen LogP contribution < -0.4 is 0 Å². The van der Waals surface area contributed by atoms with E-state index in [0.717, 1.165) is 11.3 Å². The Bertz CT molecular complexity index is 882. The fourth-order valence-corrected chi connectivity index (χ4v) is 4.14. The molecule has 2 aromatic rings. The molecule has 0 amide bonds. The lowest BCUT2D eigenvalue weighted by molar-refractivity contribution is -0.157. The van der Waals surface area contributed by atoms with Crippen LogP contribution in [0.25, 0.3) is 11.3 Å². The van der Waals surface area contributed by atoms with E-state index >= 15 is 0 Å². The molecule has 1 saturated heterocycles. The van der Waals surface area contributed by atoms with Gasteiger partial charge in [0.25, 0.3) is 0 Å². The fraction of sp³-hybridized carbons (Fsp3) is 0.450. The molecule has 1 saturated carbocycles. The van der Waals surface area contributed by atoms with Crippen molar-refractivity contribution in [2.45, 2.75) is 50.4 Å². The average Bonchev–Trinajstić information content (AvgIpc) is 3.14. The van der Waals surface area contributed by atoms with Crippen molar-refractivity contribution in [3.05, 3.63) is 41.0 Å². The number of ketones is 1. The van der Waals surface area contributed by atoms with Gasteiger partial charge in [-0.25, -0.2) is 9.48 Å². The first-order valence-electron chi connectivity index (χ1n) is 9.05. The molecule has 2 aliphatic rings. The number of rotatable bonds is 3.